The number of benzene rings is 1. The summed E-state index contributed by atoms with van der Waals surface area (Å²) in [5.41, 5.74) is 1.12. The van der Waals surface area contributed by atoms with Gasteiger partial charge in [-0.05, 0) is 23.6 Å². The Morgan fingerprint density at radius 2 is 2.25 bits per heavy atom. The molecule has 2 aromatic rings. The smallest absolute Gasteiger partial charge is 0.307 e. The van der Waals surface area contributed by atoms with E-state index < -0.39 is 0 Å². The Morgan fingerprint density at radius 3 is 3.00 bits per heavy atom. The van der Waals surface area contributed by atoms with Crippen LogP contribution in [0.3, 0.4) is 0 Å². The molecule has 4 heteroatoms. The highest BCUT2D eigenvalue weighted by Gasteiger charge is 2.04. The van der Waals surface area contributed by atoms with Crippen LogP contribution in [0, 0.1) is 0 Å². The molecule has 0 spiro atoms. The molecule has 1 heterocycles. The first-order chi connectivity index (χ1) is 7.70. The lowest BCUT2D eigenvalue weighted by Gasteiger charge is -2.04. The molecule has 0 bridgehead atoms. The summed E-state index contributed by atoms with van der Waals surface area (Å²) in [6.45, 7) is 0.645. The molecule has 0 amide bonds. The lowest BCUT2D eigenvalue weighted by molar-refractivity contribution is -0.140. The predicted molar refractivity (Wildman–Crippen MR) is 66.3 cm³/mol. The Morgan fingerprint density at radius 1 is 1.44 bits per heavy atom. The van der Waals surface area contributed by atoms with Crippen molar-refractivity contribution in [3.8, 4) is 0 Å². The summed E-state index contributed by atoms with van der Waals surface area (Å²) < 4.78 is 7.72. The summed E-state index contributed by atoms with van der Waals surface area (Å²) >= 11 is 3.44. The van der Waals surface area contributed by atoms with Gasteiger partial charge < -0.3 is 9.30 Å². The van der Waals surface area contributed by atoms with E-state index in [1.165, 1.54) is 12.5 Å². The van der Waals surface area contributed by atoms with E-state index in [-0.39, 0.29) is 5.97 Å². The summed E-state index contributed by atoms with van der Waals surface area (Å²) in [7, 11) is 1.41. The van der Waals surface area contributed by atoms with E-state index in [4.69, 9.17) is 0 Å². The van der Waals surface area contributed by atoms with E-state index in [0.717, 1.165) is 9.99 Å². The number of aryl methyl sites for hydroxylation is 1. The fraction of sp³-hybridized carbons (Fsp3) is 0.250. The number of hydrogen-bond acceptors (Lipinski definition) is 2. The normalized spacial score (nSPS) is 10.6. The van der Waals surface area contributed by atoms with Gasteiger partial charge in [-0.25, -0.2) is 0 Å². The van der Waals surface area contributed by atoms with E-state index in [1.807, 2.05) is 30.5 Å². The second kappa shape index (κ2) is 4.70. The number of carbonyl (C=O) groups excluding carboxylic acids is 1. The molecular formula is C12H12BrNO2. The van der Waals surface area contributed by atoms with Gasteiger partial charge >= 0.3 is 5.97 Å². The molecule has 0 fully saturated rings. The lowest BCUT2D eigenvalue weighted by atomic mass is 10.2. The number of nitrogens with zero attached hydrogens (tertiary/aromatic N) is 1. The number of ether oxygens (including phenoxy) is 1. The van der Waals surface area contributed by atoms with E-state index in [1.54, 1.807) is 0 Å². The maximum atomic E-state index is 11.1. The standard InChI is InChI=1S/C12H12BrNO2/c1-16-12(15)5-7-14-6-4-9-2-3-10(13)8-11(9)14/h2-4,6,8H,5,7H2,1H3. The number of esters is 1. The van der Waals surface area contributed by atoms with Gasteiger partial charge in [-0.2, -0.15) is 0 Å². The zero-order chi connectivity index (χ0) is 11.5. The molecule has 2 rings (SSSR count). The first kappa shape index (κ1) is 11.2. The maximum absolute atomic E-state index is 11.1. The van der Waals surface area contributed by atoms with Crippen LogP contribution in [-0.2, 0) is 16.1 Å². The van der Waals surface area contributed by atoms with Crippen LogP contribution in [0.4, 0.5) is 0 Å². The van der Waals surface area contributed by atoms with Gasteiger partial charge in [0, 0.05) is 22.7 Å². The highest BCUT2D eigenvalue weighted by Crippen LogP contribution is 2.21. The second-order valence-corrected chi connectivity index (χ2v) is 4.45. The highest BCUT2D eigenvalue weighted by molar-refractivity contribution is 9.10. The van der Waals surface area contributed by atoms with Gasteiger partial charge in [-0.3, -0.25) is 4.79 Å². The van der Waals surface area contributed by atoms with Crippen molar-refractivity contribution in [2.75, 3.05) is 7.11 Å². The van der Waals surface area contributed by atoms with Gasteiger partial charge in [0.1, 0.15) is 0 Å². The third kappa shape index (κ3) is 2.27. The predicted octanol–water partition coefficient (Wildman–Crippen LogP) is 2.97. The molecule has 0 saturated heterocycles. The Balaban J connectivity index is 2.24. The zero-order valence-corrected chi connectivity index (χ0v) is 10.5. The van der Waals surface area contributed by atoms with Crippen LogP contribution >= 0.6 is 15.9 Å². The minimum Gasteiger partial charge on any atom is -0.469 e. The third-order valence-electron chi connectivity index (χ3n) is 2.52. The average molecular weight is 282 g/mol. The van der Waals surface area contributed by atoms with Crippen molar-refractivity contribution >= 4 is 32.8 Å². The lowest BCUT2D eigenvalue weighted by Crippen LogP contribution is -2.06. The average Bonchev–Trinajstić information content (AvgIpc) is 2.68. The van der Waals surface area contributed by atoms with Gasteiger partial charge in [-0.1, -0.05) is 22.0 Å². The Labute approximate surface area is 102 Å². The zero-order valence-electron chi connectivity index (χ0n) is 8.94. The van der Waals surface area contributed by atoms with Crippen molar-refractivity contribution in [1.29, 1.82) is 0 Å². The molecule has 1 aromatic carbocycles. The fourth-order valence-corrected chi connectivity index (χ4v) is 2.01. The minimum absolute atomic E-state index is 0.183. The molecule has 0 aliphatic heterocycles. The van der Waals surface area contributed by atoms with Crippen molar-refractivity contribution in [1.82, 2.24) is 4.57 Å². The molecule has 0 saturated carbocycles. The second-order valence-electron chi connectivity index (χ2n) is 3.54. The number of halogens is 1. The Kier molecular flexibility index (Phi) is 3.29. The summed E-state index contributed by atoms with van der Waals surface area (Å²) in [6.07, 6.45) is 2.38. The number of fused-ring (bicyclic) bond motifs is 1. The number of carbonyl (C=O) groups is 1. The van der Waals surface area contributed by atoms with Crippen LogP contribution < -0.4 is 0 Å². The molecule has 1 aromatic heterocycles. The molecule has 0 unspecified atom stereocenters. The van der Waals surface area contributed by atoms with Crippen molar-refractivity contribution < 1.29 is 9.53 Å². The van der Waals surface area contributed by atoms with Crippen molar-refractivity contribution in [3.63, 3.8) is 0 Å². The van der Waals surface area contributed by atoms with Crippen molar-refractivity contribution in [2.24, 2.45) is 0 Å². The van der Waals surface area contributed by atoms with Crippen LogP contribution in [0.5, 0.6) is 0 Å². The van der Waals surface area contributed by atoms with E-state index in [0.29, 0.717) is 13.0 Å². The third-order valence-corrected chi connectivity index (χ3v) is 3.01. The number of rotatable bonds is 3. The largest absolute Gasteiger partial charge is 0.469 e. The van der Waals surface area contributed by atoms with E-state index >= 15 is 0 Å². The van der Waals surface area contributed by atoms with Gasteiger partial charge in [0.05, 0.1) is 13.5 Å². The van der Waals surface area contributed by atoms with Gasteiger partial charge in [-0.15, -0.1) is 0 Å². The molecule has 0 N–H and O–H groups in total. The number of hydrogen-bond donors (Lipinski definition) is 0. The maximum Gasteiger partial charge on any atom is 0.307 e. The minimum atomic E-state index is -0.183. The molecule has 3 nitrogen and oxygen atoms in total. The van der Waals surface area contributed by atoms with Crippen LogP contribution in [-0.4, -0.2) is 17.6 Å². The first-order valence-corrected chi connectivity index (χ1v) is 5.81. The molecule has 0 atom stereocenters. The topological polar surface area (TPSA) is 31.2 Å². The highest BCUT2D eigenvalue weighted by atomic mass is 79.9. The Hall–Kier alpha value is -1.29. The molecule has 16 heavy (non-hydrogen) atoms. The first-order valence-electron chi connectivity index (χ1n) is 5.02. The molecule has 84 valence electrons. The van der Waals surface area contributed by atoms with E-state index in [9.17, 15) is 4.79 Å². The van der Waals surface area contributed by atoms with Gasteiger partial charge in [0.15, 0.2) is 0 Å². The summed E-state index contributed by atoms with van der Waals surface area (Å²) in [5.74, 6) is -0.183. The molecule has 0 aliphatic rings. The van der Waals surface area contributed by atoms with Gasteiger partial charge in [0.25, 0.3) is 0 Å². The van der Waals surface area contributed by atoms with Crippen LogP contribution in [0.25, 0.3) is 10.9 Å². The summed E-state index contributed by atoms with van der Waals surface area (Å²) in [5, 5.41) is 1.17. The number of aromatic nitrogens is 1. The van der Waals surface area contributed by atoms with Gasteiger partial charge in [0.2, 0.25) is 0 Å². The monoisotopic (exact) mass is 281 g/mol. The quantitative estimate of drug-likeness (QED) is 0.810. The molecule has 0 radical (unpaired) electrons. The van der Waals surface area contributed by atoms with Crippen molar-refractivity contribution in [3.05, 3.63) is 34.9 Å². The van der Waals surface area contributed by atoms with Crippen LogP contribution in [0.1, 0.15) is 6.42 Å². The molecule has 0 aliphatic carbocycles. The SMILES string of the molecule is COC(=O)CCn1ccc2ccc(Br)cc21. The molecular weight excluding hydrogens is 270 g/mol. The summed E-state index contributed by atoms with van der Waals surface area (Å²) in [4.78, 5) is 11.1. The number of methoxy groups -OCH3 is 1. The van der Waals surface area contributed by atoms with Crippen LogP contribution in [0.2, 0.25) is 0 Å². The van der Waals surface area contributed by atoms with Crippen molar-refractivity contribution in [2.45, 2.75) is 13.0 Å². The Bertz CT molecular complexity index is 519. The summed E-state index contributed by atoms with van der Waals surface area (Å²) in [6, 6.07) is 8.15. The van der Waals surface area contributed by atoms with E-state index in [2.05, 4.69) is 25.2 Å². The fourth-order valence-electron chi connectivity index (χ4n) is 1.67. The van der Waals surface area contributed by atoms with Crippen LogP contribution in [0.15, 0.2) is 34.9 Å².